The average Bonchev–Trinajstić information content (AvgIpc) is 1.78. The highest BCUT2D eigenvalue weighted by Crippen LogP contribution is 2.18. The molecule has 0 aliphatic heterocycles. The van der Waals surface area contributed by atoms with Crippen molar-refractivity contribution in [3.05, 3.63) is 0 Å². The summed E-state index contributed by atoms with van der Waals surface area (Å²) in [5, 5.41) is 0. The molecule has 0 radical (unpaired) electrons. The molecule has 0 aliphatic carbocycles. The Kier molecular flexibility index (Phi) is 9.04. The van der Waals surface area contributed by atoms with Crippen molar-refractivity contribution in [3.8, 4) is 0 Å². The van der Waals surface area contributed by atoms with Crippen LogP contribution in [0.1, 0.15) is 32.6 Å². The zero-order chi connectivity index (χ0) is 8.04. The molecule has 0 aliphatic rings. The standard InChI is InChI=1S/C8H19ClSi.FH/c1-4-5-6-7-8-10(2,3)9;/h4-8H2,1-3H3;1H. The lowest BCUT2D eigenvalue weighted by molar-refractivity contribution is 0.698. The highest BCUT2D eigenvalue weighted by Gasteiger charge is 2.14. The van der Waals surface area contributed by atoms with E-state index in [4.69, 9.17) is 11.1 Å². The lowest BCUT2D eigenvalue weighted by Crippen LogP contribution is -2.14. The SMILES string of the molecule is CCCCCC[Si](C)(C)Cl.F. The van der Waals surface area contributed by atoms with E-state index in [0.29, 0.717) is 0 Å². The van der Waals surface area contributed by atoms with Crippen LogP contribution >= 0.6 is 11.1 Å². The number of hydrogen-bond acceptors (Lipinski definition) is 0. The highest BCUT2D eigenvalue weighted by molar-refractivity contribution is 7.19. The van der Waals surface area contributed by atoms with Crippen LogP contribution in [-0.4, -0.2) is 7.38 Å². The first-order valence-corrected chi connectivity index (χ1v) is 8.47. The summed E-state index contributed by atoms with van der Waals surface area (Å²) in [6.45, 7) is 6.68. The molecule has 0 heterocycles. The summed E-state index contributed by atoms with van der Waals surface area (Å²) < 4.78 is 0. The maximum atomic E-state index is 6.15. The Hall–Kier alpha value is 0.437. The first kappa shape index (κ1) is 14.0. The van der Waals surface area contributed by atoms with Crippen molar-refractivity contribution in [3.63, 3.8) is 0 Å². The molecular formula is C8H20ClFSi. The third-order valence-electron chi connectivity index (χ3n) is 1.62. The summed E-state index contributed by atoms with van der Waals surface area (Å²) in [5.41, 5.74) is 0. The van der Waals surface area contributed by atoms with Gasteiger partial charge in [0.25, 0.3) is 0 Å². The molecule has 11 heavy (non-hydrogen) atoms. The van der Waals surface area contributed by atoms with Gasteiger partial charge in [-0.3, -0.25) is 4.70 Å². The second kappa shape index (κ2) is 7.11. The van der Waals surface area contributed by atoms with Crippen molar-refractivity contribution in [1.82, 2.24) is 0 Å². The summed E-state index contributed by atoms with van der Waals surface area (Å²) in [5.74, 6) is 0. The van der Waals surface area contributed by atoms with Gasteiger partial charge in [0.15, 0.2) is 0 Å². The zero-order valence-corrected chi connectivity index (χ0v) is 9.58. The van der Waals surface area contributed by atoms with Gasteiger partial charge in [0.05, 0.1) is 0 Å². The first-order valence-electron chi connectivity index (χ1n) is 4.25. The van der Waals surface area contributed by atoms with Crippen molar-refractivity contribution < 1.29 is 4.70 Å². The van der Waals surface area contributed by atoms with E-state index in [1.807, 2.05) is 0 Å². The Bertz CT molecular complexity index is 80.7. The van der Waals surface area contributed by atoms with E-state index in [0.717, 1.165) is 0 Å². The van der Waals surface area contributed by atoms with Crippen LogP contribution in [0.5, 0.6) is 0 Å². The van der Waals surface area contributed by atoms with Crippen LogP contribution in [0.4, 0.5) is 4.70 Å². The predicted molar refractivity (Wildman–Crippen MR) is 54.8 cm³/mol. The molecule has 0 atom stereocenters. The molecule has 0 saturated carbocycles. The van der Waals surface area contributed by atoms with Crippen LogP contribution in [-0.2, 0) is 0 Å². The Balaban J connectivity index is 0. The number of halogens is 2. The molecule has 70 valence electrons. The molecule has 0 saturated heterocycles. The fourth-order valence-corrected chi connectivity index (χ4v) is 2.46. The second-order valence-electron chi connectivity index (χ2n) is 3.53. The van der Waals surface area contributed by atoms with Gasteiger partial charge >= 0.3 is 0 Å². The Morgan fingerprint density at radius 2 is 1.64 bits per heavy atom. The molecule has 0 aromatic carbocycles. The number of unbranched alkanes of at least 4 members (excludes halogenated alkanes) is 3. The Labute approximate surface area is 75.4 Å². The summed E-state index contributed by atoms with van der Waals surface area (Å²) in [6, 6.07) is 1.29. The topological polar surface area (TPSA) is 0 Å². The molecule has 0 aromatic rings. The fraction of sp³-hybridized carbons (Fsp3) is 1.00. The van der Waals surface area contributed by atoms with Gasteiger partial charge < -0.3 is 0 Å². The van der Waals surface area contributed by atoms with E-state index >= 15 is 0 Å². The zero-order valence-electron chi connectivity index (χ0n) is 7.82. The van der Waals surface area contributed by atoms with E-state index in [2.05, 4.69) is 20.0 Å². The van der Waals surface area contributed by atoms with Crippen LogP contribution in [0, 0.1) is 0 Å². The van der Waals surface area contributed by atoms with Crippen molar-refractivity contribution in [2.45, 2.75) is 51.7 Å². The minimum absolute atomic E-state index is 0. The van der Waals surface area contributed by atoms with E-state index in [1.54, 1.807) is 0 Å². The van der Waals surface area contributed by atoms with Gasteiger partial charge in [0.2, 0.25) is 0 Å². The highest BCUT2D eigenvalue weighted by atomic mass is 35.6. The minimum Gasteiger partial charge on any atom is -0.269 e. The predicted octanol–water partition coefficient (Wildman–Crippen LogP) is 4.16. The fourth-order valence-electron chi connectivity index (χ4n) is 0.972. The molecule has 0 fully saturated rings. The van der Waals surface area contributed by atoms with E-state index < -0.39 is 7.38 Å². The minimum atomic E-state index is -1.23. The van der Waals surface area contributed by atoms with Crippen LogP contribution < -0.4 is 0 Å². The van der Waals surface area contributed by atoms with Crippen LogP contribution in [0.15, 0.2) is 0 Å². The quantitative estimate of drug-likeness (QED) is 0.354. The van der Waals surface area contributed by atoms with Gasteiger partial charge in [-0.25, -0.2) is 0 Å². The van der Waals surface area contributed by atoms with Crippen molar-refractivity contribution in [2.24, 2.45) is 0 Å². The van der Waals surface area contributed by atoms with E-state index in [1.165, 1.54) is 31.7 Å². The first-order chi connectivity index (χ1) is 4.56. The van der Waals surface area contributed by atoms with Gasteiger partial charge in [-0.2, -0.15) is 11.1 Å². The van der Waals surface area contributed by atoms with Gasteiger partial charge in [-0.1, -0.05) is 45.7 Å². The van der Waals surface area contributed by atoms with Crippen molar-refractivity contribution >= 4 is 18.5 Å². The van der Waals surface area contributed by atoms with E-state index in [-0.39, 0.29) is 4.70 Å². The second-order valence-corrected chi connectivity index (χ2v) is 10.5. The molecule has 0 bridgehead atoms. The molecule has 0 amide bonds. The Morgan fingerprint density at radius 1 is 1.09 bits per heavy atom. The average molecular weight is 199 g/mol. The normalized spacial score (nSPS) is 10.9. The summed E-state index contributed by atoms with van der Waals surface area (Å²) in [7, 11) is -1.23. The maximum Gasteiger partial charge on any atom is 0.150 e. The molecule has 0 aromatic heterocycles. The molecule has 0 rings (SSSR count). The lowest BCUT2D eigenvalue weighted by atomic mass is 10.2. The Morgan fingerprint density at radius 3 is 2.00 bits per heavy atom. The monoisotopic (exact) mass is 198 g/mol. The number of hydrogen-bond donors (Lipinski definition) is 0. The maximum absolute atomic E-state index is 6.15. The molecule has 0 spiro atoms. The van der Waals surface area contributed by atoms with E-state index in [9.17, 15) is 0 Å². The molecular weight excluding hydrogens is 179 g/mol. The molecule has 0 unspecified atom stereocenters. The van der Waals surface area contributed by atoms with Crippen LogP contribution in [0.2, 0.25) is 19.1 Å². The van der Waals surface area contributed by atoms with Crippen LogP contribution in [0.3, 0.4) is 0 Å². The van der Waals surface area contributed by atoms with Crippen LogP contribution in [0.25, 0.3) is 0 Å². The summed E-state index contributed by atoms with van der Waals surface area (Å²) >= 11 is 6.15. The summed E-state index contributed by atoms with van der Waals surface area (Å²) in [6.07, 6.45) is 5.42. The van der Waals surface area contributed by atoms with Gasteiger partial charge in [0, 0.05) is 0 Å². The number of rotatable bonds is 5. The third kappa shape index (κ3) is 13.4. The molecule has 0 nitrogen and oxygen atoms in total. The smallest absolute Gasteiger partial charge is 0.150 e. The van der Waals surface area contributed by atoms with Gasteiger partial charge in [-0.15, -0.1) is 0 Å². The van der Waals surface area contributed by atoms with Gasteiger partial charge in [0.1, 0.15) is 7.38 Å². The largest absolute Gasteiger partial charge is 0.269 e. The van der Waals surface area contributed by atoms with Gasteiger partial charge in [-0.05, 0) is 6.04 Å². The third-order valence-corrected chi connectivity index (χ3v) is 3.73. The summed E-state index contributed by atoms with van der Waals surface area (Å²) in [4.78, 5) is 0. The molecule has 3 heteroatoms. The van der Waals surface area contributed by atoms with Crippen molar-refractivity contribution in [2.75, 3.05) is 0 Å². The molecule has 0 N–H and O–H groups in total. The van der Waals surface area contributed by atoms with Crippen molar-refractivity contribution in [1.29, 1.82) is 0 Å². The lowest BCUT2D eigenvalue weighted by Gasteiger charge is -2.11.